The maximum absolute atomic E-state index is 10.6. The molecule has 4 heteroatoms. The van der Waals surface area contributed by atoms with Crippen LogP contribution in [-0.4, -0.2) is 25.2 Å². The summed E-state index contributed by atoms with van der Waals surface area (Å²) in [6, 6.07) is 0. The first kappa shape index (κ1) is 16.9. The van der Waals surface area contributed by atoms with Crippen molar-refractivity contribution in [2.24, 2.45) is 11.8 Å². The summed E-state index contributed by atoms with van der Waals surface area (Å²) in [6.45, 7) is 9.23. The average Bonchev–Trinajstić information content (AvgIpc) is 2.36. The predicted octanol–water partition coefficient (Wildman–Crippen LogP) is 2.95. The molecule has 0 saturated carbocycles. The molecule has 4 nitrogen and oxygen atoms in total. The van der Waals surface area contributed by atoms with Crippen molar-refractivity contribution in [3.63, 3.8) is 0 Å². The summed E-state index contributed by atoms with van der Waals surface area (Å²) < 4.78 is 9.46. The van der Waals surface area contributed by atoms with Gasteiger partial charge in [0.2, 0.25) is 0 Å². The Morgan fingerprint density at radius 3 is 2.00 bits per heavy atom. The van der Waals surface area contributed by atoms with Gasteiger partial charge in [0, 0.05) is 6.42 Å². The van der Waals surface area contributed by atoms with E-state index in [2.05, 4.69) is 6.92 Å². The van der Waals surface area contributed by atoms with E-state index in [0.717, 1.165) is 19.3 Å². The number of rotatable bonds is 0. The first-order valence-electron chi connectivity index (χ1n) is 6.92. The molecule has 0 N–H and O–H groups in total. The molecule has 2 saturated heterocycles. The molecule has 106 valence electrons. The van der Waals surface area contributed by atoms with E-state index in [4.69, 9.17) is 9.47 Å². The van der Waals surface area contributed by atoms with E-state index < -0.39 is 0 Å². The molecule has 2 unspecified atom stereocenters. The summed E-state index contributed by atoms with van der Waals surface area (Å²) >= 11 is 0. The summed E-state index contributed by atoms with van der Waals surface area (Å²) in [5, 5.41) is 0. The Kier molecular flexibility index (Phi) is 9.33. The van der Waals surface area contributed by atoms with Crippen LogP contribution in [0.5, 0.6) is 0 Å². The molecule has 2 atom stereocenters. The molecular formula is C14H26O4. The lowest BCUT2D eigenvalue weighted by Crippen LogP contribution is -2.20. The van der Waals surface area contributed by atoms with E-state index in [9.17, 15) is 9.59 Å². The Morgan fingerprint density at radius 2 is 1.67 bits per heavy atom. The van der Waals surface area contributed by atoms with Gasteiger partial charge in [0.25, 0.3) is 0 Å². The largest absolute Gasteiger partial charge is 0.466 e. The van der Waals surface area contributed by atoms with Crippen molar-refractivity contribution >= 4 is 11.9 Å². The van der Waals surface area contributed by atoms with Crippen LogP contribution in [0, 0.1) is 11.8 Å². The minimum absolute atomic E-state index is 0.0312. The maximum atomic E-state index is 10.6. The summed E-state index contributed by atoms with van der Waals surface area (Å²) in [4.78, 5) is 21.0. The zero-order chi connectivity index (χ0) is 14.0. The van der Waals surface area contributed by atoms with Crippen LogP contribution in [0.3, 0.4) is 0 Å². The highest BCUT2D eigenvalue weighted by molar-refractivity contribution is 5.72. The van der Waals surface area contributed by atoms with E-state index >= 15 is 0 Å². The van der Waals surface area contributed by atoms with Crippen LogP contribution in [0.15, 0.2) is 0 Å². The fraction of sp³-hybridized carbons (Fsp3) is 0.857. The standard InChI is InChI=1S/2C6H10O2.C2H6/c1-5-2-3-8-6(7)4-5;1-5-3-2-4-8-6(5)7;1-2/h2*5H,2-4H2,1H3;1-2H3. The van der Waals surface area contributed by atoms with Crippen molar-refractivity contribution in [3.8, 4) is 0 Å². The van der Waals surface area contributed by atoms with Gasteiger partial charge in [-0.3, -0.25) is 9.59 Å². The van der Waals surface area contributed by atoms with Gasteiger partial charge in [-0.05, 0) is 25.2 Å². The molecule has 0 radical (unpaired) electrons. The highest BCUT2D eigenvalue weighted by Crippen LogP contribution is 2.13. The van der Waals surface area contributed by atoms with E-state index in [-0.39, 0.29) is 17.9 Å². The third-order valence-corrected chi connectivity index (χ3v) is 2.82. The Bertz CT molecular complexity index is 250. The average molecular weight is 258 g/mol. The second-order valence-electron chi connectivity index (χ2n) is 4.53. The van der Waals surface area contributed by atoms with Crippen molar-refractivity contribution in [1.29, 1.82) is 0 Å². The second kappa shape index (κ2) is 9.92. The van der Waals surface area contributed by atoms with E-state index in [1.54, 1.807) is 0 Å². The van der Waals surface area contributed by atoms with Crippen molar-refractivity contribution in [2.75, 3.05) is 13.2 Å². The van der Waals surface area contributed by atoms with Gasteiger partial charge in [-0.15, -0.1) is 0 Å². The van der Waals surface area contributed by atoms with Crippen molar-refractivity contribution in [2.45, 2.75) is 53.4 Å². The first-order chi connectivity index (χ1) is 8.59. The van der Waals surface area contributed by atoms with Crippen molar-refractivity contribution in [3.05, 3.63) is 0 Å². The normalized spacial score (nSPS) is 26.7. The minimum atomic E-state index is -0.0382. The molecule has 0 aromatic carbocycles. The fourth-order valence-corrected chi connectivity index (χ4v) is 1.64. The van der Waals surface area contributed by atoms with E-state index in [0.29, 0.717) is 25.6 Å². The van der Waals surface area contributed by atoms with Gasteiger partial charge in [-0.1, -0.05) is 27.7 Å². The highest BCUT2D eigenvalue weighted by atomic mass is 16.5. The first-order valence-corrected chi connectivity index (χ1v) is 6.92. The van der Waals surface area contributed by atoms with Gasteiger partial charge in [0.15, 0.2) is 0 Å². The molecule has 0 bridgehead atoms. The van der Waals surface area contributed by atoms with Gasteiger partial charge in [0.1, 0.15) is 0 Å². The second-order valence-corrected chi connectivity index (χ2v) is 4.53. The summed E-state index contributed by atoms with van der Waals surface area (Å²) in [6.07, 6.45) is 3.68. The number of carbonyl (C=O) groups excluding carboxylic acids is 2. The van der Waals surface area contributed by atoms with Gasteiger partial charge < -0.3 is 9.47 Å². The topological polar surface area (TPSA) is 52.6 Å². The Hall–Kier alpha value is -1.06. The molecule has 2 fully saturated rings. The van der Waals surface area contributed by atoms with Gasteiger partial charge in [0.05, 0.1) is 19.1 Å². The van der Waals surface area contributed by atoms with Crippen LogP contribution < -0.4 is 0 Å². The van der Waals surface area contributed by atoms with Crippen LogP contribution >= 0.6 is 0 Å². The summed E-state index contributed by atoms with van der Waals surface area (Å²) in [7, 11) is 0. The number of esters is 2. The number of ether oxygens (including phenoxy) is 2. The van der Waals surface area contributed by atoms with E-state index in [1.165, 1.54) is 0 Å². The quantitative estimate of drug-likeness (QED) is 0.627. The molecule has 2 heterocycles. The van der Waals surface area contributed by atoms with Gasteiger partial charge in [-0.2, -0.15) is 0 Å². The van der Waals surface area contributed by atoms with Crippen LogP contribution in [0.2, 0.25) is 0 Å². The smallest absolute Gasteiger partial charge is 0.308 e. The highest BCUT2D eigenvalue weighted by Gasteiger charge is 2.18. The summed E-state index contributed by atoms with van der Waals surface area (Å²) in [5.41, 5.74) is 0. The fourth-order valence-electron chi connectivity index (χ4n) is 1.64. The number of carbonyl (C=O) groups is 2. The number of hydrogen-bond donors (Lipinski definition) is 0. The van der Waals surface area contributed by atoms with Crippen molar-refractivity contribution < 1.29 is 19.1 Å². The molecule has 2 aliphatic heterocycles. The Morgan fingerprint density at radius 1 is 1.00 bits per heavy atom. The lowest BCUT2D eigenvalue weighted by Gasteiger charge is -2.16. The maximum Gasteiger partial charge on any atom is 0.308 e. The Balaban J connectivity index is 0.000000283. The van der Waals surface area contributed by atoms with Gasteiger partial charge >= 0.3 is 11.9 Å². The minimum Gasteiger partial charge on any atom is -0.466 e. The zero-order valence-corrected chi connectivity index (χ0v) is 12.0. The predicted molar refractivity (Wildman–Crippen MR) is 70.1 cm³/mol. The molecule has 0 aromatic rings. The summed E-state index contributed by atoms with van der Waals surface area (Å²) in [5.74, 6) is 0.611. The van der Waals surface area contributed by atoms with E-state index in [1.807, 2.05) is 20.8 Å². The van der Waals surface area contributed by atoms with Crippen LogP contribution in [-0.2, 0) is 19.1 Å². The molecule has 0 amide bonds. The van der Waals surface area contributed by atoms with Crippen LogP contribution in [0.4, 0.5) is 0 Å². The number of cyclic esters (lactones) is 2. The molecule has 0 aromatic heterocycles. The van der Waals surface area contributed by atoms with Gasteiger partial charge in [-0.25, -0.2) is 0 Å². The molecule has 0 aliphatic carbocycles. The monoisotopic (exact) mass is 258 g/mol. The third-order valence-electron chi connectivity index (χ3n) is 2.82. The molecule has 0 spiro atoms. The third kappa shape index (κ3) is 7.30. The van der Waals surface area contributed by atoms with Crippen molar-refractivity contribution in [1.82, 2.24) is 0 Å². The Labute approximate surface area is 110 Å². The zero-order valence-electron chi connectivity index (χ0n) is 12.0. The molecule has 2 aliphatic rings. The van der Waals surface area contributed by atoms with Crippen LogP contribution in [0.25, 0.3) is 0 Å². The SMILES string of the molecule is CC.CC1CCCOC1=O.CC1CCOC(=O)C1. The number of hydrogen-bond acceptors (Lipinski definition) is 4. The molecule has 18 heavy (non-hydrogen) atoms. The molecule has 2 rings (SSSR count). The molecular weight excluding hydrogens is 232 g/mol. The lowest BCUT2D eigenvalue weighted by molar-refractivity contribution is -0.152. The van der Waals surface area contributed by atoms with Crippen LogP contribution in [0.1, 0.15) is 53.4 Å². The lowest BCUT2D eigenvalue weighted by atomic mass is 10.0.